The number of aryl methyl sites for hydroxylation is 1. The van der Waals surface area contributed by atoms with E-state index in [9.17, 15) is 9.59 Å². The van der Waals surface area contributed by atoms with Crippen molar-refractivity contribution in [3.63, 3.8) is 0 Å². The van der Waals surface area contributed by atoms with E-state index in [1.807, 2.05) is 30.3 Å². The van der Waals surface area contributed by atoms with Gasteiger partial charge in [-0.2, -0.15) is 0 Å². The van der Waals surface area contributed by atoms with Gasteiger partial charge in [-0.15, -0.1) is 0 Å². The molecule has 0 N–H and O–H groups in total. The van der Waals surface area contributed by atoms with Crippen molar-refractivity contribution in [3.8, 4) is 0 Å². The molecule has 0 aliphatic rings. The Bertz CT molecular complexity index is 501. The topological polar surface area (TPSA) is 52.6 Å². The van der Waals surface area contributed by atoms with Crippen LogP contribution in [0.3, 0.4) is 0 Å². The number of benzene rings is 1. The van der Waals surface area contributed by atoms with E-state index in [-0.39, 0.29) is 0 Å². The number of carbonyl (C=O) groups is 2. The molecule has 0 aliphatic heterocycles. The lowest BCUT2D eigenvalue weighted by Gasteiger charge is -2.17. The maximum atomic E-state index is 11.1. The molecule has 0 saturated heterocycles. The van der Waals surface area contributed by atoms with Crippen molar-refractivity contribution < 1.29 is 19.1 Å². The predicted molar refractivity (Wildman–Crippen MR) is 76.8 cm³/mol. The lowest BCUT2D eigenvalue weighted by molar-refractivity contribution is -0.177. The van der Waals surface area contributed by atoms with Gasteiger partial charge in [0.05, 0.1) is 0 Å². The van der Waals surface area contributed by atoms with E-state index in [0.717, 1.165) is 12.0 Å². The monoisotopic (exact) mass is 276 g/mol. The Kier molecular flexibility index (Phi) is 5.97. The van der Waals surface area contributed by atoms with Crippen LogP contribution in [0.4, 0.5) is 0 Å². The van der Waals surface area contributed by atoms with Gasteiger partial charge in [0.25, 0.3) is 6.29 Å². The van der Waals surface area contributed by atoms with Gasteiger partial charge >= 0.3 is 11.9 Å². The summed E-state index contributed by atoms with van der Waals surface area (Å²) >= 11 is 0. The molecule has 0 heterocycles. The van der Waals surface area contributed by atoms with E-state index in [4.69, 9.17) is 9.47 Å². The molecule has 1 rings (SSSR count). The van der Waals surface area contributed by atoms with E-state index in [1.165, 1.54) is 19.4 Å². The predicted octanol–water partition coefficient (Wildman–Crippen LogP) is 3.10. The summed E-state index contributed by atoms with van der Waals surface area (Å²) in [5.74, 6) is -0.986. The van der Waals surface area contributed by atoms with Crippen LogP contribution in [0.1, 0.15) is 38.8 Å². The molecule has 0 atom stereocenters. The molecule has 0 bridgehead atoms. The lowest BCUT2D eigenvalue weighted by atomic mass is 10.0. The highest BCUT2D eigenvalue weighted by atomic mass is 16.7. The minimum absolute atomic E-state index is 0.493. The summed E-state index contributed by atoms with van der Waals surface area (Å²) in [6.07, 6.45) is 1.79. The van der Waals surface area contributed by atoms with Gasteiger partial charge < -0.3 is 9.47 Å². The van der Waals surface area contributed by atoms with E-state index in [0.29, 0.717) is 5.57 Å². The molecule has 0 amide bonds. The largest absolute Gasteiger partial charge is 0.421 e. The first-order chi connectivity index (χ1) is 9.43. The number of hydrogen-bond donors (Lipinski definition) is 0. The average Bonchev–Trinajstić information content (AvgIpc) is 2.37. The van der Waals surface area contributed by atoms with E-state index >= 15 is 0 Å². The van der Waals surface area contributed by atoms with Gasteiger partial charge in [-0.3, -0.25) is 9.59 Å². The lowest BCUT2D eigenvalue weighted by Crippen LogP contribution is -2.23. The number of carbonyl (C=O) groups excluding carboxylic acids is 2. The molecule has 0 fully saturated rings. The molecule has 1 aromatic carbocycles. The molecular weight excluding hydrogens is 256 g/mol. The van der Waals surface area contributed by atoms with Crippen LogP contribution in [0.15, 0.2) is 29.8 Å². The number of ether oxygens (including phenoxy) is 2. The fourth-order valence-electron chi connectivity index (χ4n) is 1.82. The van der Waals surface area contributed by atoms with Crippen molar-refractivity contribution in [1.82, 2.24) is 0 Å². The van der Waals surface area contributed by atoms with Crippen molar-refractivity contribution in [2.24, 2.45) is 0 Å². The van der Waals surface area contributed by atoms with Crippen molar-refractivity contribution in [2.75, 3.05) is 0 Å². The molecule has 0 unspecified atom stereocenters. The van der Waals surface area contributed by atoms with Crippen LogP contribution >= 0.6 is 0 Å². The minimum atomic E-state index is -0.977. The molecule has 20 heavy (non-hydrogen) atoms. The fraction of sp³-hybridized carbons (Fsp3) is 0.375. The van der Waals surface area contributed by atoms with Gasteiger partial charge in [0.15, 0.2) is 0 Å². The zero-order valence-corrected chi connectivity index (χ0v) is 12.3. The van der Waals surface area contributed by atoms with Crippen molar-refractivity contribution in [2.45, 2.75) is 40.4 Å². The SMILES string of the molecule is CCc1ccccc1/C=C(\C)C(OC(C)=O)OC(C)=O. The maximum Gasteiger partial charge on any atom is 0.305 e. The van der Waals surface area contributed by atoms with Crippen molar-refractivity contribution >= 4 is 18.0 Å². The summed E-state index contributed by atoms with van der Waals surface area (Å²) in [7, 11) is 0. The van der Waals surface area contributed by atoms with Gasteiger partial charge in [-0.05, 0) is 30.5 Å². The standard InChI is InChI=1S/C16H20O4/c1-5-14-8-6-7-9-15(14)10-11(2)16(19-12(3)17)20-13(4)18/h6-10,16H,5H2,1-4H3/b11-10+. The van der Waals surface area contributed by atoms with Crippen LogP contribution in [-0.2, 0) is 25.5 Å². The summed E-state index contributed by atoms with van der Waals surface area (Å²) in [5.41, 5.74) is 2.87. The molecular formula is C16H20O4. The van der Waals surface area contributed by atoms with Gasteiger partial charge in [0, 0.05) is 19.4 Å². The van der Waals surface area contributed by atoms with Gasteiger partial charge in [0.1, 0.15) is 0 Å². The highest BCUT2D eigenvalue weighted by molar-refractivity contribution is 5.69. The molecule has 1 aromatic rings. The first kappa shape index (κ1) is 16.0. The van der Waals surface area contributed by atoms with Gasteiger partial charge in [-0.1, -0.05) is 31.2 Å². The molecule has 0 saturated carbocycles. The second kappa shape index (κ2) is 7.48. The highest BCUT2D eigenvalue weighted by Gasteiger charge is 2.17. The first-order valence-electron chi connectivity index (χ1n) is 6.54. The van der Waals surface area contributed by atoms with Crippen molar-refractivity contribution in [1.29, 1.82) is 0 Å². The van der Waals surface area contributed by atoms with E-state index < -0.39 is 18.2 Å². The Hall–Kier alpha value is -2.10. The molecule has 0 spiro atoms. The second-order valence-corrected chi connectivity index (χ2v) is 4.49. The van der Waals surface area contributed by atoms with Gasteiger partial charge in [0.2, 0.25) is 0 Å². The Morgan fingerprint density at radius 2 is 1.65 bits per heavy atom. The Labute approximate surface area is 119 Å². The summed E-state index contributed by atoms with van der Waals surface area (Å²) < 4.78 is 10.0. The zero-order valence-electron chi connectivity index (χ0n) is 12.3. The minimum Gasteiger partial charge on any atom is -0.421 e. The van der Waals surface area contributed by atoms with E-state index in [2.05, 4.69) is 6.92 Å². The average molecular weight is 276 g/mol. The summed E-state index contributed by atoms with van der Waals surface area (Å²) in [6, 6.07) is 7.92. The Morgan fingerprint density at radius 1 is 1.10 bits per heavy atom. The Balaban J connectivity index is 3.03. The van der Waals surface area contributed by atoms with Crippen LogP contribution in [0.25, 0.3) is 6.08 Å². The molecule has 0 aromatic heterocycles. The summed E-state index contributed by atoms with van der Waals surface area (Å²) in [6.45, 7) is 6.40. The van der Waals surface area contributed by atoms with Crippen molar-refractivity contribution in [3.05, 3.63) is 41.0 Å². The molecule has 4 heteroatoms. The number of esters is 2. The van der Waals surface area contributed by atoms with Crippen LogP contribution in [0, 0.1) is 0 Å². The number of rotatable bonds is 5. The molecule has 108 valence electrons. The molecule has 0 aliphatic carbocycles. The van der Waals surface area contributed by atoms with Crippen LogP contribution in [0.5, 0.6) is 0 Å². The van der Waals surface area contributed by atoms with Gasteiger partial charge in [-0.25, -0.2) is 0 Å². The normalized spacial score (nSPS) is 11.3. The fourth-order valence-corrected chi connectivity index (χ4v) is 1.82. The third-order valence-corrected chi connectivity index (χ3v) is 2.74. The molecule has 0 radical (unpaired) electrons. The Morgan fingerprint density at radius 3 is 2.15 bits per heavy atom. The smallest absolute Gasteiger partial charge is 0.305 e. The van der Waals surface area contributed by atoms with Crippen LogP contribution < -0.4 is 0 Å². The second-order valence-electron chi connectivity index (χ2n) is 4.49. The zero-order chi connectivity index (χ0) is 15.1. The quantitative estimate of drug-likeness (QED) is 0.612. The van der Waals surface area contributed by atoms with E-state index in [1.54, 1.807) is 6.92 Å². The number of hydrogen-bond acceptors (Lipinski definition) is 4. The van der Waals surface area contributed by atoms with Crippen LogP contribution in [-0.4, -0.2) is 18.2 Å². The highest BCUT2D eigenvalue weighted by Crippen LogP contribution is 2.17. The first-order valence-corrected chi connectivity index (χ1v) is 6.54. The summed E-state index contributed by atoms with van der Waals surface area (Å²) in [5, 5.41) is 0. The third-order valence-electron chi connectivity index (χ3n) is 2.74. The van der Waals surface area contributed by atoms with Crippen LogP contribution in [0.2, 0.25) is 0 Å². The third kappa shape index (κ3) is 4.88. The molecule has 4 nitrogen and oxygen atoms in total. The summed E-state index contributed by atoms with van der Waals surface area (Å²) in [4.78, 5) is 22.1. The maximum absolute atomic E-state index is 11.1.